The molecular weight excluding hydrogens is 208 g/mol. The number of esters is 1. The van der Waals surface area contributed by atoms with Crippen LogP contribution in [0.15, 0.2) is 12.2 Å². The molecule has 0 bridgehead atoms. The molecule has 3 rings (SSSR count). The number of aliphatic hydroxyl groups is 1. The van der Waals surface area contributed by atoms with E-state index in [1.54, 1.807) is 0 Å². The van der Waals surface area contributed by atoms with E-state index >= 15 is 0 Å². The summed E-state index contributed by atoms with van der Waals surface area (Å²) in [6.45, 7) is 0. The number of allylic oxidation sites excluding steroid dienone is 1. The van der Waals surface area contributed by atoms with E-state index in [0.717, 1.165) is 6.29 Å². The lowest BCUT2D eigenvalue weighted by Gasteiger charge is -2.39. The minimum Gasteiger partial charge on any atom is -0.455 e. The van der Waals surface area contributed by atoms with Crippen molar-refractivity contribution in [2.75, 3.05) is 0 Å². The SMILES string of the molecule is O=C[C@@H]1C[C@]2(O)CC(=O)O[C@@]23CC=CC[C@H]13. The molecule has 1 N–H and O–H groups in total. The van der Waals surface area contributed by atoms with Crippen molar-refractivity contribution in [3.8, 4) is 0 Å². The molecule has 86 valence electrons. The lowest BCUT2D eigenvalue weighted by Crippen LogP contribution is -2.51. The van der Waals surface area contributed by atoms with Crippen molar-refractivity contribution in [2.24, 2.45) is 11.8 Å². The maximum absolute atomic E-state index is 11.4. The second-order valence-corrected chi connectivity index (χ2v) is 5.09. The highest BCUT2D eigenvalue weighted by Gasteiger charge is 2.69. The molecule has 1 saturated carbocycles. The third-order valence-corrected chi connectivity index (χ3v) is 4.36. The average molecular weight is 222 g/mol. The molecule has 0 aromatic carbocycles. The van der Waals surface area contributed by atoms with Crippen LogP contribution in [0.3, 0.4) is 0 Å². The Morgan fingerprint density at radius 3 is 3.06 bits per heavy atom. The molecule has 0 aromatic heterocycles. The maximum Gasteiger partial charge on any atom is 0.309 e. The first kappa shape index (κ1) is 10.0. The highest BCUT2D eigenvalue weighted by molar-refractivity contribution is 5.76. The second-order valence-electron chi connectivity index (χ2n) is 5.09. The largest absolute Gasteiger partial charge is 0.455 e. The molecule has 1 aliphatic heterocycles. The first-order valence-electron chi connectivity index (χ1n) is 5.66. The van der Waals surface area contributed by atoms with Gasteiger partial charge >= 0.3 is 5.97 Å². The molecule has 2 fully saturated rings. The Kier molecular flexibility index (Phi) is 1.84. The summed E-state index contributed by atoms with van der Waals surface area (Å²) >= 11 is 0. The van der Waals surface area contributed by atoms with Crippen LogP contribution in [0.1, 0.15) is 25.7 Å². The fourth-order valence-corrected chi connectivity index (χ4v) is 3.66. The smallest absolute Gasteiger partial charge is 0.309 e. The van der Waals surface area contributed by atoms with Crippen molar-refractivity contribution < 1.29 is 19.4 Å². The van der Waals surface area contributed by atoms with Crippen LogP contribution in [0.25, 0.3) is 0 Å². The second kappa shape index (κ2) is 2.94. The molecule has 0 radical (unpaired) electrons. The van der Waals surface area contributed by atoms with Crippen LogP contribution in [-0.4, -0.2) is 28.6 Å². The van der Waals surface area contributed by atoms with Gasteiger partial charge in [0.1, 0.15) is 17.5 Å². The number of hydrogen-bond donors (Lipinski definition) is 1. The van der Waals surface area contributed by atoms with E-state index < -0.39 is 11.2 Å². The lowest BCUT2D eigenvalue weighted by molar-refractivity contribution is -0.162. The Balaban J connectivity index is 2.08. The van der Waals surface area contributed by atoms with E-state index in [0.29, 0.717) is 19.3 Å². The fourth-order valence-electron chi connectivity index (χ4n) is 3.66. The van der Waals surface area contributed by atoms with E-state index in [2.05, 4.69) is 0 Å². The van der Waals surface area contributed by atoms with Crippen LogP contribution < -0.4 is 0 Å². The molecule has 4 nitrogen and oxygen atoms in total. The van der Waals surface area contributed by atoms with Crippen LogP contribution in [-0.2, 0) is 14.3 Å². The highest BCUT2D eigenvalue weighted by atomic mass is 16.6. The summed E-state index contributed by atoms with van der Waals surface area (Å²) in [7, 11) is 0. The molecular formula is C12H14O4. The molecule has 4 heteroatoms. The number of aldehydes is 1. The van der Waals surface area contributed by atoms with Gasteiger partial charge in [0, 0.05) is 18.3 Å². The van der Waals surface area contributed by atoms with Gasteiger partial charge in [-0.1, -0.05) is 12.2 Å². The van der Waals surface area contributed by atoms with Crippen molar-refractivity contribution in [3.63, 3.8) is 0 Å². The third-order valence-electron chi connectivity index (χ3n) is 4.36. The number of hydrogen-bond acceptors (Lipinski definition) is 4. The van der Waals surface area contributed by atoms with Crippen molar-refractivity contribution in [3.05, 3.63) is 12.2 Å². The normalized spacial score (nSPS) is 49.7. The van der Waals surface area contributed by atoms with E-state index in [4.69, 9.17) is 4.74 Å². The predicted octanol–water partition coefficient (Wildman–Crippen LogP) is 0.588. The summed E-state index contributed by atoms with van der Waals surface area (Å²) < 4.78 is 5.41. The van der Waals surface area contributed by atoms with Gasteiger partial charge in [0.15, 0.2) is 0 Å². The average Bonchev–Trinajstić information content (AvgIpc) is 2.61. The zero-order chi connectivity index (χ0) is 11.4. The van der Waals surface area contributed by atoms with Crippen molar-refractivity contribution >= 4 is 12.3 Å². The fraction of sp³-hybridized carbons (Fsp3) is 0.667. The van der Waals surface area contributed by atoms with Gasteiger partial charge in [0.2, 0.25) is 0 Å². The number of carbonyl (C=O) groups is 2. The Labute approximate surface area is 93.3 Å². The monoisotopic (exact) mass is 222 g/mol. The van der Waals surface area contributed by atoms with Gasteiger partial charge in [-0.15, -0.1) is 0 Å². The van der Waals surface area contributed by atoms with E-state index in [1.807, 2.05) is 12.2 Å². The summed E-state index contributed by atoms with van der Waals surface area (Å²) in [6.07, 6.45) is 6.47. The van der Waals surface area contributed by atoms with Gasteiger partial charge in [-0.2, -0.15) is 0 Å². The van der Waals surface area contributed by atoms with E-state index in [1.165, 1.54) is 0 Å². The predicted molar refractivity (Wildman–Crippen MR) is 54.4 cm³/mol. The van der Waals surface area contributed by atoms with Crippen LogP contribution >= 0.6 is 0 Å². The molecule has 0 aromatic rings. The summed E-state index contributed by atoms with van der Waals surface area (Å²) in [5, 5.41) is 10.6. The molecule has 2 aliphatic carbocycles. The zero-order valence-corrected chi connectivity index (χ0v) is 8.89. The summed E-state index contributed by atoms with van der Waals surface area (Å²) in [5.74, 6) is -0.582. The van der Waals surface area contributed by atoms with Crippen LogP contribution in [0.4, 0.5) is 0 Å². The quantitative estimate of drug-likeness (QED) is 0.400. The molecule has 0 amide bonds. The van der Waals surface area contributed by atoms with Crippen molar-refractivity contribution in [1.82, 2.24) is 0 Å². The Morgan fingerprint density at radius 2 is 2.31 bits per heavy atom. The zero-order valence-electron chi connectivity index (χ0n) is 8.89. The molecule has 0 unspecified atom stereocenters. The van der Waals surface area contributed by atoms with Gasteiger partial charge in [0.05, 0.1) is 6.42 Å². The van der Waals surface area contributed by atoms with Crippen LogP contribution in [0.2, 0.25) is 0 Å². The molecule has 3 aliphatic rings. The van der Waals surface area contributed by atoms with Gasteiger partial charge < -0.3 is 14.6 Å². The minimum absolute atomic E-state index is 0.0294. The first-order chi connectivity index (χ1) is 7.61. The lowest BCUT2D eigenvalue weighted by atomic mass is 9.73. The van der Waals surface area contributed by atoms with E-state index in [9.17, 15) is 14.7 Å². The minimum atomic E-state index is -1.13. The van der Waals surface area contributed by atoms with Gasteiger partial charge in [0.25, 0.3) is 0 Å². The molecule has 1 saturated heterocycles. The molecule has 4 atom stereocenters. The van der Waals surface area contributed by atoms with Gasteiger partial charge in [-0.05, 0) is 12.8 Å². The Bertz CT molecular complexity index is 388. The topological polar surface area (TPSA) is 63.6 Å². The first-order valence-corrected chi connectivity index (χ1v) is 5.66. The van der Waals surface area contributed by atoms with Crippen LogP contribution in [0.5, 0.6) is 0 Å². The summed E-state index contributed by atoms with van der Waals surface area (Å²) in [5.41, 5.74) is -1.96. The number of ether oxygens (including phenoxy) is 1. The standard InChI is InChI=1S/C12H14O4/c13-7-8-5-11(15)6-10(14)16-12(11)4-2-1-3-9(8)12/h1-2,7-9,15H,3-6H2/t8-,9+,11-,12+/m0/s1. The van der Waals surface area contributed by atoms with Crippen LogP contribution in [0, 0.1) is 11.8 Å². The van der Waals surface area contributed by atoms with Crippen molar-refractivity contribution in [2.45, 2.75) is 36.9 Å². The van der Waals surface area contributed by atoms with Gasteiger partial charge in [-0.25, -0.2) is 0 Å². The summed E-state index contributed by atoms with van der Waals surface area (Å²) in [4.78, 5) is 22.4. The molecule has 1 heterocycles. The Morgan fingerprint density at radius 1 is 1.50 bits per heavy atom. The maximum atomic E-state index is 11.4. The van der Waals surface area contributed by atoms with Gasteiger partial charge in [-0.3, -0.25) is 4.79 Å². The summed E-state index contributed by atoms with van der Waals surface area (Å²) in [6, 6.07) is 0. The molecule has 1 spiro atoms. The Hall–Kier alpha value is -1.16. The molecule has 16 heavy (non-hydrogen) atoms. The number of carbonyl (C=O) groups excluding carboxylic acids is 2. The third kappa shape index (κ3) is 0.981. The van der Waals surface area contributed by atoms with Crippen molar-refractivity contribution in [1.29, 1.82) is 0 Å². The number of rotatable bonds is 1. The van der Waals surface area contributed by atoms with E-state index in [-0.39, 0.29) is 24.2 Å². The highest BCUT2D eigenvalue weighted by Crippen LogP contribution is 2.58.